The molecular weight excluding hydrogens is 439 g/mol. The molecule has 0 bridgehead atoms. The van der Waals surface area contributed by atoms with Crippen LogP contribution in [0.3, 0.4) is 0 Å². The molecule has 0 spiro atoms. The maximum absolute atomic E-state index is 13.5. The molecule has 34 heavy (non-hydrogen) atoms. The van der Waals surface area contributed by atoms with Gasteiger partial charge in [-0.25, -0.2) is 14.4 Å². The number of carbonyl (C=O) groups excluding carboxylic acids is 1. The summed E-state index contributed by atoms with van der Waals surface area (Å²) < 4.78 is 21.8. The minimum atomic E-state index is -0.493. The molecule has 0 radical (unpaired) electrons. The van der Waals surface area contributed by atoms with Gasteiger partial charge in [0, 0.05) is 42.3 Å². The van der Waals surface area contributed by atoms with Gasteiger partial charge in [0.1, 0.15) is 18.1 Å². The maximum Gasteiger partial charge on any atom is 0.315 e. The summed E-state index contributed by atoms with van der Waals surface area (Å²) in [4.78, 5) is 25.0. The zero-order valence-electron chi connectivity index (χ0n) is 17.9. The van der Waals surface area contributed by atoms with E-state index in [0.29, 0.717) is 18.1 Å². The van der Waals surface area contributed by atoms with Crippen molar-refractivity contribution in [2.45, 2.75) is 24.9 Å². The Labute approximate surface area is 192 Å². The van der Waals surface area contributed by atoms with E-state index in [4.69, 9.17) is 9.51 Å². The number of aromatic nitrogens is 7. The van der Waals surface area contributed by atoms with Crippen molar-refractivity contribution in [1.82, 2.24) is 39.6 Å². The number of benzene rings is 1. The molecule has 5 aromatic rings. The molecule has 0 unspecified atom stereocenters. The summed E-state index contributed by atoms with van der Waals surface area (Å²) in [5.74, 6) is 0.200. The molecule has 6 rings (SSSR count). The van der Waals surface area contributed by atoms with E-state index in [1.54, 1.807) is 17.1 Å². The summed E-state index contributed by atoms with van der Waals surface area (Å²) in [5.41, 5.74) is 3.56. The van der Waals surface area contributed by atoms with Gasteiger partial charge in [0.2, 0.25) is 0 Å². The fourth-order valence-electron chi connectivity index (χ4n) is 3.86. The lowest BCUT2D eigenvalue weighted by molar-refractivity contribution is 0.0907. The van der Waals surface area contributed by atoms with Crippen molar-refractivity contribution >= 4 is 11.6 Å². The summed E-state index contributed by atoms with van der Waals surface area (Å²) in [6, 6.07) is 9.59. The molecule has 1 aromatic carbocycles. The number of imidazole rings is 1. The molecule has 0 atom stereocenters. The van der Waals surface area contributed by atoms with E-state index in [9.17, 15) is 9.18 Å². The minimum absolute atomic E-state index is 0.0809. The van der Waals surface area contributed by atoms with Gasteiger partial charge >= 0.3 is 11.8 Å². The van der Waals surface area contributed by atoms with Crippen molar-refractivity contribution in [2.75, 3.05) is 6.67 Å². The Hall–Kier alpha value is -4.41. The third kappa shape index (κ3) is 3.51. The maximum atomic E-state index is 13.5. The number of halogens is 1. The topological polar surface area (TPSA) is 116 Å². The molecule has 4 aromatic heterocycles. The summed E-state index contributed by atoms with van der Waals surface area (Å²) in [7, 11) is 0. The zero-order chi connectivity index (χ0) is 23.1. The van der Waals surface area contributed by atoms with Crippen molar-refractivity contribution in [2.24, 2.45) is 0 Å². The third-order valence-corrected chi connectivity index (χ3v) is 6.05. The van der Waals surface area contributed by atoms with E-state index in [0.717, 1.165) is 35.2 Å². The van der Waals surface area contributed by atoms with Gasteiger partial charge in [-0.2, -0.15) is 10.1 Å². The number of alkyl halides is 1. The van der Waals surface area contributed by atoms with E-state index in [1.165, 1.54) is 6.33 Å². The fourth-order valence-corrected chi connectivity index (χ4v) is 3.86. The van der Waals surface area contributed by atoms with Gasteiger partial charge in [-0.3, -0.25) is 13.9 Å². The van der Waals surface area contributed by atoms with Crippen LogP contribution in [0.4, 0.5) is 4.39 Å². The summed E-state index contributed by atoms with van der Waals surface area (Å²) >= 11 is 0. The number of hydrogen-bond acceptors (Lipinski definition) is 7. The van der Waals surface area contributed by atoms with Crippen LogP contribution in [0.2, 0.25) is 0 Å². The molecule has 0 aliphatic heterocycles. The molecule has 1 fully saturated rings. The first-order valence-corrected chi connectivity index (χ1v) is 10.7. The van der Waals surface area contributed by atoms with Gasteiger partial charge in [0.25, 0.3) is 0 Å². The normalized spacial score (nSPS) is 14.4. The lowest BCUT2D eigenvalue weighted by Crippen LogP contribution is -2.23. The van der Waals surface area contributed by atoms with Crippen molar-refractivity contribution in [3.05, 3.63) is 72.9 Å². The number of nitrogens with zero attached hydrogens (tertiary/aromatic N) is 7. The Morgan fingerprint density at radius 2 is 2.03 bits per heavy atom. The van der Waals surface area contributed by atoms with Crippen LogP contribution in [0.15, 0.2) is 66.0 Å². The molecule has 10 nitrogen and oxygen atoms in total. The Bertz CT molecular complexity index is 1470. The van der Waals surface area contributed by atoms with Crippen molar-refractivity contribution in [3.8, 4) is 22.6 Å². The predicted octanol–water partition coefficient (Wildman–Crippen LogP) is 3.03. The van der Waals surface area contributed by atoms with Crippen LogP contribution in [0.5, 0.6) is 0 Å². The number of fused-ring (bicyclic) bond motifs is 1. The van der Waals surface area contributed by atoms with Gasteiger partial charge in [0.15, 0.2) is 6.33 Å². The van der Waals surface area contributed by atoms with Crippen LogP contribution in [0.1, 0.15) is 29.1 Å². The van der Waals surface area contributed by atoms with Crippen LogP contribution < -0.4 is 5.32 Å². The second-order valence-corrected chi connectivity index (χ2v) is 8.28. The Balaban J connectivity index is 1.28. The van der Waals surface area contributed by atoms with E-state index in [1.807, 2.05) is 47.1 Å². The molecule has 0 saturated heterocycles. The molecule has 4 heterocycles. The standard InChI is InChI=1S/C23H19FN8O2/c24-13-23(5-6-23)32-12-17(11-28-32)18-9-19-25-7-8-31(19)20(30-18)16-3-1-15(2-4-16)10-26-21(33)22-27-14-29-34-22/h1-4,7-9,11-12,14H,5-6,10,13H2,(H,26,33). The Kier molecular flexibility index (Phi) is 4.68. The molecule has 170 valence electrons. The van der Waals surface area contributed by atoms with Gasteiger partial charge in [0.05, 0.1) is 17.4 Å². The minimum Gasteiger partial charge on any atom is -0.344 e. The predicted molar refractivity (Wildman–Crippen MR) is 118 cm³/mol. The zero-order valence-corrected chi connectivity index (χ0v) is 17.9. The van der Waals surface area contributed by atoms with Crippen LogP contribution in [0.25, 0.3) is 28.3 Å². The second kappa shape index (κ2) is 7.87. The van der Waals surface area contributed by atoms with Crippen LogP contribution in [0, 0.1) is 0 Å². The number of amides is 1. The SMILES string of the molecule is O=C(NCc1ccc(-c2nc(-c3cnn(C4(CF)CC4)c3)cc3nccn23)cc1)c1ncno1. The largest absolute Gasteiger partial charge is 0.344 e. The second-order valence-electron chi connectivity index (χ2n) is 8.28. The fraction of sp³-hybridized carbons (Fsp3) is 0.217. The highest BCUT2D eigenvalue weighted by molar-refractivity contribution is 5.89. The summed E-state index contributed by atoms with van der Waals surface area (Å²) in [6.07, 6.45) is 9.92. The average molecular weight is 458 g/mol. The number of hydrogen-bond donors (Lipinski definition) is 1. The van der Waals surface area contributed by atoms with Gasteiger partial charge < -0.3 is 9.84 Å². The highest BCUT2D eigenvalue weighted by Crippen LogP contribution is 2.43. The Morgan fingerprint density at radius 3 is 2.76 bits per heavy atom. The smallest absolute Gasteiger partial charge is 0.315 e. The summed E-state index contributed by atoms with van der Waals surface area (Å²) in [5, 5.41) is 10.6. The van der Waals surface area contributed by atoms with E-state index in [2.05, 4.69) is 25.5 Å². The first-order chi connectivity index (χ1) is 16.6. The van der Waals surface area contributed by atoms with Gasteiger partial charge in [-0.15, -0.1) is 0 Å². The van der Waals surface area contributed by atoms with Gasteiger partial charge in [-0.05, 0) is 18.4 Å². The number of carbonyl (C=O) groups is 1. The molecule has 1 aliphatic carbocycles. The number of nitrogens with one attached hydrogen (secondary N) is 1. The van der Waals surface area contributed by atoms with E-state index in [-0.39, 0.29) is 5.89 Å². The molecule has 1 saturated carbocycles. The highest BCUT2D eigenvalue weighted by Gasteiger charge is 2.45. The van der Waals surface area contributed by atoms with Crippen LogP contribution >= 0.6 is 0 Å². The molecule has 1 aliphatic rings. The average Bonchev–Trinajstić information content (AvgIpc) is 3.32. The first-order valence-electron chi connectivity index (χ1n) is 10.7. The molecule has 11 heteroatoms. The summed E-state index contributed by atoms with van der Waals surface area (Å²) in [6.45, 7) is -0.112. The monoisotopic (exact) mass is 458 g/mol. The third-order valence-electron chi connectivity index (χ3n) is 6.05. The molecule has 1 N–H and O–H groups in total. The lowest BCUT2D eigenvalue weighted by atomic mass is 10.1. The van der Waals surface area contributed by atoms with E-state index < -0.39 is 18.1 Å². The van der Waals surface area contributed by atoms with Crippen LogP contribution in [-0.4, -0.2) is 46.9 Å². The van der Waals surface area contributed by atoms with Gasteiger partial charge in [-0.1, -0.05) is 29.4 Å². The first kappa shape index (κ1) is 20.2. The lowest BCUT2D eigenvalue weighted by Gasteiger charge is -2.10. The van der Waals surface area contributed by atoms with Crippen molar-refractivity contribution < 1.29 is 13.7 Å². The number of rotatable bonds is 7. The van der Waals surface area contributed by atoms with Crippen molar-refractivity contribution in [1.29, 1.82) is 0 Å². The Morgan fingerprint density at radius 1 is 1.18 bits per heavy atom. The molecule has 1 amide bonds. The molecular formula is C23H19FN8O2. The van der Waals surface area contributed by atoms with Crippen molar-refractivity contribution in [3.63, 3.8) is 0 Å². The van der Waals surface area contributed by atoms with E-state index >= 15 is 0 Å². The van der Waals surface area contributed by atoms with Crippen LogP contribution in [-0.2, 0) is 12.1 Å². The highest BCUT2D eigenvalue weighted by atomic mass is 19.1. The quantitative estimate of drug-likeness (QED) is 0.398.